The van der Waals surface area contributed by atoms with E-state index in [-0.39, 0.29) is 23.0 Å². The van der Waals surface area contributed by atoms with Gasteiger partial charge in [0.25, 0.3) is 0 Å². The largest absolute Gasteiger partial charge is 0.409 e. The van der Waals surface area contributed by atoms with Gasteiger partial charge in [-0.15, -0.1) is 0 Å². The molecule has 1 aromatic rings. The van der Waals surface area contributed by atoms with E-state index in [9.17, 15) is 4.39 Å². The smallest absolute Gasteiger partial charge is 0.171 e. The Bertz CT molecular complexity index is 495. The van der Waals surface area contributed by atoms with Gasteiger partial charge in [0.05, 0.1) is 10.2 Å². The molecule has 0 unspecified atom stereocenters. The van der Waals surface area contributed by atoms with Gasteiger partial charge in [0.15, 0.2) is 11.7 Å². The van der Waals surface area contributed by atoms with Crippen molar-refractivity contribution < 1.29 is 14.7 Å². The molecule has 0 aliphatic rings. The van der Waals surface area contributed by atoms with Crippen LogP contribution >= 0.6 is 15.9 Å². The molecule has 0 aromatic heterocycles. The predicted molar refractivity (Wildman–Crippen MR) is 80.8 cm³/mol. The van der Waals surface area contributed by atoms with E-state index in [0.29, 0.717) is 24.2 Å². The van der Waals surface area contributed by atoms with Crippen molar-refractivity contribution in [1.82, 2.24) is 0 Å². The van der Waals surface area contributed by atoms with Gasteiger partial charge in [0.2, 0.25) is 0 Å². The lowest BCUT2D eigenvalue weighted by molar-refractivity contribution is 0.288. The summed E-state index contributed by atoms with van der Waals surface area (Å²) in [5.41, 5.74) is 6.19. The molecule has 0 spiro atoms. The highest BCUT2D eigenvalue weighted by Gasteiger charge is 2.19. The van der Waals surface area contributed by atoms with Crippen LogP contribution in [0.4, 0.5) is 10.1 Å². The Morgan fingerprint density at radius 1 is 1.50 bits per heavy atom. The minimum Gasteiger partial charge on any atom is -0.409 e. The molecule has 1 rings (SSSR count). The van der Waals surface area contributed by atoms with E-state index < -0.39 is 5.82 Å². The highest BCUT2D eigenvalue weighted by Crippen LogP contribution is 2.30. The first-order chi connectivity index (χ1) is 9.43. The summed E-state index contributed by atoms with van der Waals surface area (Å²) in [6.45, 7) is 4.49. The standard InChI is InChI=1S/C13H19BrFN3O2/c1-8(2)18(6-3-7-19)10-5-4-9(13(16)17-20)11(14)12(10)15/h4-5,8,19-20H,3,6-7H2,1-2H3,(H2,16,17). The first-order valence-electron chi connectivity index (χ1n) is 6.27. The van der Waals surface area contributed by atoms with Gasteiger partial charge in [0.1, 0.15) is 0 Å². The number of nitrogens with zero attached hydrogens (tertiary/aromatic N) is 2. The molecule has 5 nitrogen and oxygen atoms in total. The lowest BCUT2D eigenvalue weighted by Crippen LogP contribution is -2.33. The summed E-state index contributed by atoms with van der Waals surface area (Å²) in [6, 6.07) is 3.26. The van der Waals surface area contributed by atoms with E-state index in [1.807, 2.05) is 18.7 Å². The fourth-order valence-electron chi connectivity index (χ4n) is 1.91. The minimum absolute atomic E-state index is 0.0498. The van der Waals surface area contributed by atoms with Crippen LogP contribution in [0.5, 0.6) is 0 Å². The van der Waals surface area contributed by atoms with E-state index in [1.165, 1.54) is 0 Å². The molecule has 0 aliphatic heterocycles. The molecular formula is C13H19BrFN3O2. The van der Waals surface area contributed by atoms with Gasteiger partial charge in [-0.3, -0.25) is 0 Å². The molecule has 0 amide bonds. The van der Waals surface area contributed by atoms with E-state index in [1.54, 1.807) is 12.1 Å². The average molecular weight is 348 g/mol. The number of anilines is 1. The monoisotopic (exact) mass is 347 g/mol. The molecule has 0 saturated carbocycles. The summed E-state index contributed by atoms with van der Waals surface area (Å²) in [5, 5.41) is 20.5. The molecule has 0 fully saturated rings. The zero-order chi connectivity index (χ0) is 15.3. The zero-order valence-electron chi connectivity index (χ0n) is 11.5. The second-order valence-corrected chi connectivity index (χ2v) is 5.40. The van der Waals surface area contributed by atoms with E-state index >= 15 is 0 Å². The van der Waals surface area contributed by atoms with Crippen molar-refractivity contribution in [2.45, 2.75) is 26.3 Å². The molecule has 112 valence electrons. The fourth-order valence-corrected chi connectivity index (χ4v) is 2.45. The second kappa shape index (κ2) is 7.44. The van der Waals surface area contributed by atoms with Crippen molar-refractivity contribution in [1.29, 1.82) is 0 Å². The van der Waals surface area contributed by atoms with E-state index in [2.05, 4.69) is 21.1 Å². The van der Waals surface area contributed by atoms with Crippen molar-refractivity contribution in [2.24, 2.45) is 10.9 Å². The number of aliphatic hydroxyl groups is 1. The third-order valence-electron chi connectivity index (χ3n) is 2.94. The summed E-state index contributed by atoms with van der Waals surface area (Å²) < 4.78 is 14.6. The van der Waals surface area contributed by atoms with Gasteiger partial charge in [0, 0.05) is 24.8 Å². The summed E-state index contributed by atoms with van der Waals surface area (Å²) in [4.78, 5) is 1.85. The molecule has 0 saturated heterocycles. The zero-order valence-corrected chi connectivity index (χ0v) is 13.1. The molecule has 4 N–H and O–H groups in total. The maximum Gasteiger partial charge on any atom is 0.171 e. The summed E-state index contributed by atoms with van der Waals surface area (Å²) in [5.74, 6) is -0.630. The topological polar surface area (TPSA) is 82.1 Å². The van der Waals surface area contributed by atoms with Gasteiger partial charge in [-0.1, -0.05) is 5.16 Å². The van der Waals surface area contributed by atoms with Crippen LogP contribution in [0.1, 0.15) is 25.8 Å². The van der Waals surface area contributed by atoms with Crippen LogP contribution in [-0.2, 0) is 0 Å². The molecule has 0 bridgehead atoms. The van der Waals surface area contributed by atoms with Gasteiger partial charge in [-0.25, -0.2) is 4.39 Å². The van der Waals surface area contributed by atoms with Crippen LogP contribution in [0, 0.1) is 5.82 Å². The molecule has 0 radical (unpaired) electrons. The molecule has 0 atom stereocenters. The van der Waals surface area contributed by atoms with Crippen molar-refractivity contribution in [3.63, 3.8) is 0 Å². The fraction of sp³-hybridized carbons (Fsp3) is 0.462. The summed E-state index contributed by atoms with van der Waals surface area (Å²) >= 11 is 3.14. The molecule has 1 aromatic carbocycles. The molecule has 0 heterocycles. The number of benzene rings is 1. The lowest BCUT2D eigenvalue weighted by atomic mass is 10.1. The number of rotatable bonds is 6. The van der Waals surface area contributed by atoms with Crippen molar-refractivity contribution >= 4 is 27.5 Å². The summed E-state index contributed by atoms with van der Waals surface area (Å²) in [6.07, 6.45) is 0.553. The van der Waals surface area contributed by atoms with Crippen LogP contribution < -0.4 is 10.6 Å². The Morgan fingerprint density at radius 3 is 2.65 bits per heavy atom. The van der Waals surface area contributed by atoms with Crippen molar-refractivity contribution in [3.05, 3.63) is 28.0 Å². The lowest BCUT2D eigenvalue weighted by Gasteiger charge is -2.29. The molecule has 7 heteroatoms. The Kier molecular flexibility index (Phi) is 6.22. The van der Waals surface area contributed by atoms with Crippen LogP contribution in [-0.4, -0.2) is 35.3 Å². The highest BCUT2D eigenvalue weighted by molar-refractivity contribution is 9.10. The Balaban J connectivity index is 3.21. The number of nitrogens with two attached hydrogens (primary N) is 1. The quantitative estimate of drug-likeness (QED) is 0.319. The number of hydrogen-bond donors (Lipinski definition) is 3. The van der Waals surface area contributed by atoms with Gasteiger partial charge in [-0.05, 0) is 48.3 Å². The third-order valence-corrected chi connectivity index (χ3v) is 3.71. The maximum atomic E-state index is 14.5. The average Bonchev–Trinajstić information content (AvgIpc) is 2.42. The summed E-state index contributed by atoms with van der Waals surface area (Å²) in [7, 11) is 0. The predicted octanol–water partition coefficient (Wildman–Crippen LogP) is 2.28. The van der Waals surface area contributed by atoms with E-state index in [0.717, 1.165) is 0 Å². The molecule has 0 aliphatic carbocycles. The van der Waals surface area contributed by atoms with Crippen molar-refractivity contribution in [2.75, 3.05) is 18.1 Å². The molecule has 20 heavy (non-hydrogen) atoms. The Morgan fingerprint density at radius 2 is 2.15 bits per heavy atom. The van der Waals surface area contributed by atoms with Crippen LogP contribution in [0.25, 0.3) is 0 Å². The van der Waals surface area contributed by atoms with Gasteiger partial charge in [-0.2, -0.15) is 0 Å². The van der Waals surface area contributed by atoms with Crippen molar-refractivity contribution in [3.8, 4) is 0 Å². The SMILES string of the molecule is CC(C)N(CCCO)c1ccc(/C(N)=N/O)c(Br)c1F. The number of oxime groups is 1. The van der Waals surface area contributed by atoms with Crippen LogP contribution in [0.15, 0.2) is 21.8 Å². The highest BCUT2D eigenvalue weighted by atomic mass is 79.9. The van der Waals surface area contributed by atoms with Crippen LogP contribution in [0.3, 0.4) is 0 Å². The first kappa shape index (κ1) is 16.7. The van der Waals surface area contributed by atoms with Gasteiger partial charge < -0.3 is 20.9 Å². The van der Waals surface area contributed by atoms with Crippen LogP contribution in [0.2, 0.25) is 0 Å². The number of amidine groups is 1. The Hall–Kier alpha value is -1.34. The third kappa shape index (κ3) is 3.61. The first-order valence-corrected chi connectivity index (χ1v) is 7.06. The minimum atomic E-state index is -0.472. The second-order valence-electron chi connectivity index (χ2n) is 4.61. The number of halogens is 2. The maximum absolute atomic E-state index is 14.5. The normalized spacial score (nSPS) is 12.0. The number of aliphatic hydroxyl groups excluding tert-OH is 1. The van der Waals surface area contributed by atoms with Gasteiger partial charge >= 0.3 is 0 Å². The Labute approximate surface area is 126 Å². The van der Waals surface area contributed by atoms with E-state index in [4.69, 9.17) is 16.0 Å². The molecular weight excluding hydrogens is 329 g/mol. The number of hydrogen-bond acceptors (Lipinski definition) is 4.